The number of benzene rings is 2. The number of hydrogen-bond donors (Lipinski definition) is 2. The zero-order chi connectivity index (χ0) is 19.2. The second-order valence-corrected chi connectivity index (χ2v) is 7.20. The topological polar surface area (TPSA) is 67.4 Å². The molecule has 0 atom stereocenters. The predicted octanol–water partition coefficient (Wildman–Crippen LogP) is 4.68. The molecule has 142 valence electrons. The van der Waals surface area contributed by atoms with E-state index in [1.807, 2.05) is 0 Å². The molecule has 2 aromatic carbocycles. The van der Waals surface area contributed by atoms with Gasteiger partial charge in [0.05, 0.1) is 21.3 Å². The van der Waals surface area contributed by atoms with Crippen LogP contribution in [0.25, 0.3) is 0 Å². The molecule has 0 aromatic heterocycles. The van der Waals surface area contributed by atoms with Crippen LogP contribution in [0.3, 0.4) is 0 Å². The maximum absolute atomic E-state index is 12.5. The van der Waals surface area contributed by atoms with Gasteiger partial charge in [-0.25, -0.2) is 0 Å². The molecule has 3 rings (SSSR count). The molecule has 0 saturated heterocycles. The van der Waals surface area contributed by atoms with Gasteiger partial charge < -0.3 is 15.4 Å². The minimum atomic E-state index is -0.410. The lowest BCUT2D eigenvalue weighted by Crippen LogP contribution is -2.33. The zero-order valence-electron chi connectivity index (χ0n) is 14.6. The third-order valence-corrected chi connectivity index (χ3v) is 5.00. The van der Waals surface area contributed by atoms with Crippen LogP contribution >= 0.6 is 23.2 Å². The minimum absolute atomic E-state index is 0.187. The van der Waals surface area contributed by atoms with E-state index in [-0.39, 0.29) is 24.3 Å². The van der Waals surface area contributed by atoms with Crippen molar-refractivity contribution in [2.24, 2.45) is 0 Å². The average Bonchev–Trinajstić information content (AvgIpc) is 3.14. The summed E-state index contributed by atoms with van der Waals surface area (Å²) in [5, 5.41) is 6.39. The Hall–Kier alpha value is -2.24. The molecule has 5 nitrogen and oxygen atoms in total. The summed E-state index contributed by atoms with van der Waals surface area (Å²) in [6.07, 6.45) is 4.25. The quantitative estimate of drug-likeness (QED) is 0.731. The maximum Gasteiger partial charge on any atom is 0.262 e. The number of para-hydroxylation sites is 2. The molecule has 0 unspecified atom stereocenters. The maximum atomic E-state index is 12.5. The van der Waals surface area contributed by atoms with E-state index in [4.69, 9.17) is 27.9 Å². The fraction of sp³-hybridized carbons (Fsp3) is 0.300. The van der Waals surface area contributed by atoms with Crippen molar-refractivity contribution in [3.63, 3.8) is 0 Å². The van der Waals surface area contributed by atoms with Crippen molar-refractivity contribution >= 4 is 40.7 Å². The summed E-state index contributed by atoms with van der Waals surface area (Å²) in [5.41, 5.74) is 0.861. The van der Waals surface area contributed by atoms with Crippen LogP contribution < -0.4 is 15.4 Å². The van der Waals surface area contributed by atoms with Crippen molar-refractivity contribution in [2.45, 2.75) is 31.7 Å². The van der Waals surface area contributed by atoms with Gasteiger partial charge >= 0.3 is 0 Å². The smallest absolute Gasteiger partial charge is 0.262 e. The second-order valence-electron chi connectivity index (χ2n) is 6.39. The van der Waals surface area contributed by atoms with Crippen LogP contribution in [0, 0.1) is 0 Å². The third-order valence-electron chi connectivity index (χ3n) is 4.40. The van der Waals surface area contributed by atoms with Gasteiger partial charge in [-0.3, -0.25) is 9.59 Å². The summed E-state index contributed by atoms with van der Waals surface area (Å²) < 4.78 is 5.43. The number of carbonyl (C=O) groups is 2. The molecule has 7 heteroatoms. The highest BCUT2D eigenvalue weighted by Crippen LogP contribution is 2.32. The first-order chi connectivity index (χ1) is 13.0. The molecule has 1 aliphatic rings. The second kappa shape index (κ2) is 9.11. The molecule has 2 amide bonds. The Labute approximate surface area is 168 Å². The van der Waals surface area contributed by atoms with Gasteiger partial charge in [-0.15, -0.1) is 0 Å². The number of ether oxygens (including phenoxy) is 1. The van der Waals surface area contributed by atoms with Gasteiger partial charge in [-0.2, -0.15) is 0 Å². The lowest BCUT2D eigenvalue weighted by molar-refractivity contribution is -0.118. The fourth-order valence-electron chi connectivity index (χ4n) is 3.07. The van der Waals surface area contributed by atoms with Crippen LogP contribution in [-0.2, 0) is 4.79 Å². The van der Waals surface area contributed by atoms with Crippen LogP contribution in [-0.4, -0.2) is 24.5 Å². The highest BCUT2D eigenvalue weighted by Gasteiger charge is 2.20. The van der Waals surface area contributed by atoms with E-state index in [2.05, 4.69) is 10.6 Å². The number of rotatable bonds is 6. The number of anilines is 1. The Morgan fingerprint density at radius 1 is 1.00 bits per heavy atom. The summed E-state index contributed by atoms with van der Waals surface area (Å²) in [6.45, 7) is -0.276. The first kappa shape index (κ1) is 19.5. The van der Waals surface area contributed by atoms with E-state index in [0.29, 0.717) is 21.3 Å². The van der Waals surface area contributed by atoms with E-state index in [0.717, 1.165) is 25.7 Å². The fourth-order valence-corrected chi connectivity index (χ4v) is 3.57. The van der Waals surface area contributed by atoms with E-state index < -0.39 is 5.91 Å². The van der Waals surface area contributed by atoms with Crippen LogP contribution in [0.4, 0.5) is 5.69 Å². The Kier molecular flexibility index (Phi) is 6.58. The largest absolute Gasteiger partial charge is 0.481 e. The minimum Gasteiger partial charge on any atom is -0.481 e. The summed E-state index contributed by atoms with van der Waals surface area (Å²) in [7, 11) is 0. The Bertz CT molecular complexity index is 815. The standard InChI is InChI=1S/C20H20Cl2N2O3/c21-15-9-5-10-16(22)19(15)27-12-18(25)24-17-11-4-3-8-14(17)20(26)23-13-6-1-2-7-13/h3-5,8-11,13H,1-2,6-7,12H2,(H,23,26)(H,24,25). The molecule has 2 N–H and O–H groups in total. The summed E-state index contributed by atoms with van der Waals surface area (Å²) in [5.74, 6) is -0.344. The van der Waals surface area contributed by atoms with Gasteiger partial charge in [0.2, 0.25) is 0 Å². The first-order valence-electron chi connectivity index (χ1n) is 8.81. The van der Waals surface area contributed by atoms with Gasteiger partial charge in [0.15, 0.2) is 12.4 Å². The summed E-state index contributed by atoms with van der Waals surface area (Å²) in [4.78, 5) is 24.8. The molecular formula is C20H20Cl2N2O3. The summed E-state index contributed by atoms with van der Waals surface area (Å²) >= 11 is 12.1. The average molecular weight is 407 g/mol. The normalized spacial score (nSPS) is 14.0. The number of carbonyl (C=O) groups excluding carboxylic acids is 2. The van der Waals surface area contributed by atoms with Crippen LogP contribution in [0.1, 0.15) is 36.0 Å². The Morgan fingerprint density at radius 2 is 1.67 bits per heavy atom. The van der Waals surface area contributed by atoms with Crippen molar-refractivity contribution in [2.75, 3.05) is 11.9 Å². The van der Waals surface area contributed by atoms with Crippen LogP contribution in [0.15, 0.2) is 42.5 Å². The monoisotopic (exact) mass is 406 g/mol. The van der Waals surface area contributed by atoms with Crippen LogP contribution in [0.5, 0.6) is 5.75 Å². The zero-order valence-corrected chi connectivity index (χ0v) is 16.1. The SMILES string of the molecule is O=C(COc1c(Cl)cccc1Cl)Nc1ccccc1C(=O)NC1CCCC1. The molecule has 0 heterocycles. The van der Waals surface area contributed by atoms with Crippen molar-refractivity contribution < 1.29 is 14.3 Å². The molecule has 0 radical (unpaired) electrons. The van der Waals surface area contributed by atoms with E-state index in [1.54, 1.807) is 42.5 Å². The summed E-state index contributed by atoms with van der Waals surface area (Å²) in [6, 6.07) is 12.0. The highest BCUT2D eigenvalue weighted by atomic mass is 35.5. The molecule has 1 fully saturated rings. The van der Waals surface area contributed by atoms with E-state index in [1.165, 1.54) is 0 Å². The van der Waals surface area contributed by atoms with Crippen LogP contribution in [0.2, 0.25) is 10.0 Å². The molecule has 2 aromatic rings. The lowest BCUT2D eigenvalue weighted by atomic mass is 10.1. The van der Waals surface area contributed by atoms with Crippen molar-refractivity contribution in [1.29, 1.82) is 0 Å². The van der Waals surface area contributed by atoms with Gasteiger partial charge in [-0.05, 0) is 37.1 Å². The van der Waals surface area contributed by atoms with Crippen molar-refractivity contribution in [1.82, 2.24) is 5.32 Å². The van der Waals surface area contributed by atoms with E-state index >= 15 is 0 Å². The first-order valence-corrected chi connectivity index (χ1v) is 9.57. The number of nitrogens with one attached hydrogen (secondary N) is 2. The molecule has 0 spiro atoms. The molecule has 0 bridgehead atoms. The molecule has 1 aliphatic carbocycles. The lowest BCUT2D eigenvalue weighted by Gasteiger charge is -2.15. The molecule has 1 saturated carbocycles. The van der Waals surface area contributed by atoms with Crippen molar-refractivity contribution in [3.8, 4) is 5.75 Å². The van der Waals surface area contributed by atoms with Gasteiger partial charge in [-0.1, -0.05) is 54.2 Å². The van der Waals surface area contributed by atoms with Crippen molar-refractivity contribution in [3.05, 3.63) is 58.1 Å². The molecular weight excluding hydrogens is 387 g/mol. The van der Waals surface area contributed by atoms with Gasteiger partial charge in [0.25, 0.3) is 11.8 Å². The molecule has 0 aliphatic heterocycles. The number of hydrogen-bond acceptors (Lipinski definition) is 3. The van der Waals surface area contributed by atoms with Gasteiger partial charge in [0, 0.05) is 6.04 Å². The van der Waals surface area contributed by atoms with Gasteiger partial charge in [0.1, 0.15) is 0 Å². The van der Waals surface area contributed by atoms with E-state index in [9.17, 15) is 9.59 Å². The number of halogens is 2. The molecule has 27 heavy (non-hydrogen) atoms. The number of amides is 2. The Morgan fingerprint density at radius 3 is 2.37 bits per heavy atom. The third kappa shape index (κ3) is 5.15. The highest BCUT2D eigenvalue weighted by molar-refractivity contribution is 6.37. The predicted molar refractivity (Wildman–Crippen MR) is 107 cm³/mol. The Balaban J connectivity index is 1.63.